The zero-order valence-electron chi connectivity index (χ0n) is 13.1. The normalized spacial score (nSPS) is 30.7. The highest BCUT2D eigenvalue weighted by Gasteiger charge is 2.39. The Morgan fingerprint density at radius 1 is 1.40 bits per heavy atom. The van der Waals surface area contributed by atoms with Crippen molar-refractivity contribution in [2.45, 2.75) is 71.9 Å². The van der Waals surface area contributed by atoms with Gasteiger partial charge in [-0.15, -0.1) is 0 Å². The molecule has 0 amide bonds. The van der Waals surface area contributed by atoms with Crippen LogP contribution in [0.1, 0.15) is 58.3 Å². The maximum absolute atomic E-state index is 11.0. The molecule has 1 N–H and O–H groups in total. The zero-order valence-corrected chi connectivity index (χ0v) is 13.9. The number of aromatic nitrogens is 2. The highest BCUT2D eigenvalue weighted by molar-refractivity contribution is 6.31. The SMILES string of the molecule is CCc1nn(CC)c(CC2(O)CCC(C)CC2C)c1Cl. The molecule has 1 aliphatic carbocycles. The molecule has 20 heavy (non-hydrogen) atoms. The van der Waals surface area contributed by atoms with E-state index in [1.54, 1.807) is 0 Å². The van der Waals surface area contributed by atoms with Crippen LogP contribution in [0.2, 0.25) is 5.02 Å². The molecule has 1 aromatic heterocycles. The quantitative estimate of drug-likeness (QED) is 0.917. The molecule has 1 aliphatic rings. The average molecular weight is 299 g/mol. The summed E-state index contributed by atoms with van der Waals surface area (Å²) in [4.78, 5) is 0. The molecule has 1 saturated carbocycles. The van der Waals surface area contributed by atoms with Gasteiger partial charge < -0.3 is 5.11 Å². The molecule has 4 heteroatoms. The van der Waals surface area contributed by atoms with Crippen LogP contribution in [0.25, 0.3) is 0 Å². The fraction of sp³-hybridized carbons (Fsp3) is 0.812. The minimum atomic E-state index is -0.631. The molecule has 3 unspecified atom stereocenters. The third-order valence-corrected chi connectivity index (χ3v) is 5.35. The van der Waals surface area contributed by atoms with Gasteiger partial charge in [-0.05, 0) is 44.4 Å². The first-order valence-corrected chi connectivity index (χ1v) is 8.25. The van der Waals surface area contributed by atoms with E-state index in [4.69, 9.17) is 11.6 Å². The molecule has 0 aliphatic heterocycles. The first-order chi connectivity index (χ1) is 9.41. The summed E-state index contributed by atoms with van der Waals surface area (Å²) in [5.41, 5.74) is 1.33. The van der Waals surface area contributed by atoms with Gasteiger partial charge in [-0.1, -0.05) is 32.4 Å². The van der Waals surface area contributed by atoms with E-state index >= 15 is 0 Å². The van der Waals surface area contributed by atoms with E-state index < -0.39 is 5.60 Å². The second kappa shape index (κ2) is 6.07. The van der Waals surface area contributed by atoms with Crippen molar-refractivity contribution in [3.8, 4) is 0 Å². The Labute approximate surface area is 127 Å². The number of nitrogens with zero attached hydrogens (tertiary/aromatic N) is 2. The molecule has 3 nitrogen and oxygen atoms in total. The predicted molar refractivity (Wildman–Crippen MR) is 83.1 cm³/mol. The lowest BCUT2D eigenvalue weighted by atomic mass is 9.70. The fourth-order valence-electron chi connectivity index (χ4n) is 3.42. The van der Waals surface area contributed by atoms with E-state index in [9.17, 15) is 5.11 Å². The number of halogens is 1. The van der Waals surface area contributed by atoms with Crippen molar-refractivity contribution in [3.63, 3.8) is 0 Å². The predicted octanol–water partition coefficient (Wildman–Crippen LogP) is 3.85. The summed E-state index contributed by atoms with van der Waals surface area (Å²) in [5.74, 6) is 1.02. The topological polar surface area (TPSA) is 38.0 Å². The van der Waals surface area contributed by atoms with Gasteiger partial charge in [0.15, 0.2) is 0 Å². The van der Waals surface area contributed by atoms with Gasteiger partial charge in [0, 0.05) is 13.0 Å². The maximum atomic E-state index is 11.0. The Balaban J connectivity index is 2.27. The Hall–Kier alpha value is -0.540. The lowest BCUT2D eigenvalue weighted by Gasteiger charge is -2.41. The van der Waals surface area contributed by atoms with Crippen molar-refractivity contribution in [2.75, 3.05) is 0 Å². The van der Waals surface area contributed by atoms with Crippen LogP contribution in [0.5, 0.6) is 0 Å². The van der Waals surface area contributed by atoms with Gasteiger partial charge in [-0.2, -0.15) is 5.10 Å². The van der Waals surface area contributed by atoms with Crippen LogP contribution < -0.4 is 0 Å². The molecule has 1 fully saturated rings. The summed E-state index contributed by atoms with van der Waals surface area (Å²) in [6, 6.07) is 0. The Morgan fingerprint density at radius 2 is 2.10 bits per heavy atom. The van der Waals surface area contributed by atoms with Crippen LogP contribution >= 0.6 is 11.6 Å². The van der Waals surface area contributed by atoms with Gasteiger partial charge >= 0.3 is 0 Å². The summed E-state index contributed by atoms with van der Waals surface area (Å²) in [6.07, 6.45) is 4.51. The molecule has 0 radical (unpaired) electrons. The molecule has 0 aromatic carbocycles. The maximum Gasteiger partial charge on any atom is 0.0850 e. The van der Waals surface area contributed by atoms with Crippen LogP contribution in [-0.2, 0) is 19.4 Å². The highest BCUT2D eigenvalue weighted by Crippen LogP contribution is 2.40. The number of hydrogen-bond donors (Lipinski definition) is 1. The number of aliphatic hydroxyl groups is 1. The zero-order chi connectivity index (χ0) is 14.9. The van der Waals surface area contributed by atoms with Crippen molar-refractivity contribution in [3.05, 3.63) is 16.4 Å². The standard InChI is InChI=1S/C16H27ClN2O/c1-5-13-15(17)14(19(6-2)18-13)10-16(20)8-7-11(3)9-12(16)4/h11-12,20H,5-10H2,1-4H3. The Morgan fingerprint density at radius 3 is 2.65 bits per heavy atom. The first-order valence-electron chi connectivity index (χ1n) is 7.87. The summed E-state index contributed by atoms with van der Waals surface area (Å²) in [7, 11) is 0. The Bertz CT molecular complexity index is 471. The van der Waals surface area contributed by atoms with E-state index in [0.29, 0.717) is 18.3 Å². The van der Waals surface area contributed by atoms with E-state index in [2.05, 4.69) is 32.8 Å². The second-order valence-corrected chi connectivity index (χ2v) is 6.82. The number of aryl methyl sites for hydroxylation is 2. The molecule has 0 spiro atoms. The van der Waals surface area contributed by atoms with Crippen LogP contribution in [0.15, 0.2) is 0 Å². The van der Waals surface area contributed by atoms with Gasteiger partial charge in [0.25, 0.3) is 0 Å². The highest BCUT2D eigenvalue weighted by atomic mass is 35.5. The molecular formula is C16H27ClN2O. The number of rotatable bonds is 4. The monoisotopic (exact) mass is 298 g/mol. The third-order valence-electron chi connectivity index (χ3n) is 4.91. The largest absolute Gasteiger partial charge is 0.389 e. The molecule has 0 bridgehead atoms. The van der Waals surface area contributed by atoms with Gasteiger partial charge in [-0.25, -0.2) is 0 Å². The van der Waals surface area contributed by atoms with Crippen molar-refractivity contribution in [1.29, 1.82) is 0 Å². The van der Waals surface area contributed by atoms with Gasteiger partial charge in [0.05, 0.1) is 22.0 Å². The lowest BCUT2D eigenvalue weighted by Crippen LogP contribution is -2.43. The van der Waals surface area contributed by atoms with Gasteiger partial charge in [0.2, 0.25) is 0 Å². The molecule has 3 atom stereocenters. The minimum Gasteiger partial charge on any atom is -0.389 e. The van der Waals surface area contributed by atoms with Crippen LogP contribution in [0.4, 0.5) is 0 Å². The van der Waals surface area contributed by atoms with E-state index in [-0.39, 0.29) is 0 Å². The molecule has 2 rings (SSSR count). The summed E-state index contributed by atoms with van der Waals surface area (Å²) >= 11 is 6.47. The molecule has 1 aromatic rings. The Kier molecular flexibility index (Phi) is 4.80. The van der Waals surface area contributed by atoms with Crippen molar-refractivity contribution in [1.82, 2.24) is 9.78 Å². The summed E-state index contributed by atoms with van der Waals surface area (Å²) in [6.45, 7) is 9.38. The number of hydrogen-bond acceptors (Lipinski definition) is 2. The fourth-order valence-corrected chi connectivity index (χ4v) is 3.76. The molecular weight excluding hydrogens is 272 g/mol. The summed E-state index contributed by atoms with van der Waals surface area (Å²) < 4.78 is 1.96. The second-order valence-electron chi connectivity index (χ2n) is 6.44. The van der Waals surface area contributed by atoms with Crippen molar-refractivity contribution >= 4 is 11.6 Å². The third kappa shape index (κ3) is 2.89. The van der Waals surface area contributed by atoms with Crippen LogP contribution in [0, 0.1) is 11.8 Å². The van der Waals surface area contributed by atoms with Gasteiger partial charge in [-0.3, -0.25) is 4.68 Å². The summed E-state index contributed by atoms with van der Waals surface area (Å²) in [5, 5.41) is 16.4. The van der Waals surface area contributed by atoms with E-state index in [1.165, 1.54) is 0 Å². The molecule has 0 saturated heterocycles. The van der Waals surface area contributed by atoms with Gasteiger partial charge in [0.1, 0.15) is 0 Å². The van der Waals surface area contributed by atoms with Crippen molar-refractivity contribution < 1.29 is 5.11 Å². The average Bonchev–Trinajstić information content (AvgIpc) is 2.71. The van der Waals surface area contributed by atoms with Crippen molar-refractivity contribution in [2.24, 2.45) is 11.8 Å². The first kappa shape index (κ1) is 15.8. The van der Waals surface area contributed by atoms with Crippen LogP contribution in [-0.4, -0.2) is 20.5 Å². The molecule has 114 valence electrons. The molecule has 1 heterocycles. The van der Waals surface area contributed by atoms with E-state index in [1.807, 2.05) is 4.68 Å². The van der Waals surface area contributed by atoms with Crippen LogP contribution in [0.3, 0.4) is 0 Å². The lowest BCUT2D eigenvalue weighted by molar-refractivity contribution is -0.0535. The van der Waals surface area contributed by atoms with E-state index in [0.717, 1.165) is 48.6 Å². The minimum absolute atomic E-state index is 0.313. The smallest absolute Gasteiger partial charge is 0.0850 e.